The molecule has 0 aliphatic carbocycles. The van der Waals surface area contributed by atoms with Crippen LogP contribution in [0.5, 0.6) is 0 Å². The van der Waals surface area contributed by atoms with Crippen molar-refractivity contribution < 1.29 is 13.7 Å². The number of nitrogen functional groups attached to an aromatic ring is 1. The largest absolute Gasteiger partial charge is 0.397 e. The number of anilines is 2. The zero-order valence-corrected chi connectivity index (χ0v) is 12.2. The van der Waals surface area contributed by atoms with E-state index in [1.165, 1.54) is 0 Å². The van der Waals surface area contributed by atoms with Crippen LogP contribution >= 0.6 is 0 Å². The van der Waals surface area contributed by atoms with Crippen LogP contribution in [0, 0.1) is 0 Å². The molecule has 1 unspecified atom stereocenters. The van der Waals surface area contributed by atoms with Gasteiger partial charge in [-0.3, -0.25) is 9.00 Å². The minimum Gasteiger partial charge on any atom is -0.397 e. The average Bonchev–Trinajstić information content (AvgIpc) is 2.48. The zero-order chi connectivity index (χ0) is 14.4. The van der Waals surface area contributed by atoms with Crippen LogP contribution in [-0.2, 0) is 20.3 Å². The highest BCUT2D eigenvalue weighted by molar-refractivity contribution is 7.85. The van der Waals surface area contributed by atoms with Gasteiger partial charge >= 0.3 is 0 Å². The SMILES string of the molecule is Nc1ccccc1NC(=O)CCS(=O)C1CCOCC1. The molecule has 3 N–H and O–H groups in total. The Hall–Kier alpha value is -1.40. The van der Waals surface area contributed by atoms with Gasteiger partial charge in [0.1, 0.15) is 0 Å². The van der Waals surface area contributed by atoms with E-state index in [-0.39, 0.29) is 17.6 Å². The van der Waals surface area contributed by atoms with Gasteiger partial charge in [-0.2, -0.15) is 0 Å². The molecule has 0 bridgehead atoms. The Labute approximate surface area is 121 Å². The van der Waals surface area contributed by atoms with Gasteiger partial charge in [0.15, 0.2) is 0 Å². The van der Waals surface area contributed by atoms with Gasteiger partial charge in [-0.1, -0.05) is 12.1 Å². The first-order valence-corrected chi connectivity index (χ1v) is 8.14. The Kier molecular flexibility index (Phi) is 5.55. The summed E-state index contributed by atoms with van der Waals surface area (Å²) in [6, 6.07) is 7.11. The number of carbonyl (C=O) groups is 1. The number of amides is 1. The number of rotatable bonds is 5. The van der Waals surface area contributed by atoms with Crippen LogP contribution < -0.4 is 11.1 Å². The van der Waals surface area contributed by atoms with Crippen LogP contribution in [0.3, 0.4) is 0 Å². The molecule has 1 aliphatic heterocycles. The fourth-order valence-electron chi connectivity index (χ4n) is 2.12. The number of hydrogen-bond acceptors (Lipinski definition) is 4. The van der Waals surface area contributed by atoms with E-state index in [9.17, 15) is 9.00 Å². The molecule has 1 fully saturated rings. The van der Waals surface area contributed by atoms with Crippen LogP contribution in [-0.4, -0.2) is 34.3 Å². The van der Waals surface area contributed by atoms with Crippen LogP contribution in [0.15, 0.2) is 24.3 Å². The summed E-state index contributed by atoms with van der Waals surface area (Å²) in [5.74, 6) is 0.242. The molecule has 1 aromatic carbocycles. The predicted octanol–water partition coefficient (Wildman–Crippen LogP) is 1.53. The van der Waals surface area contributed by atoms with Crippen molar-refractivity contribution in [2.75, 3.05) is 30.0 Å². The molecule has 1 aromatic rings. The van der Waals surface area contributed by atoms with Crippen molar-refractivity contribution in [2.45, 2.75) is 24.5 Å². The highest BCUT2D eigenvalue weighted by Crippen LogP contribution is 2.17. The highest BCUT2D eigenvalue weighted by Gasteiger charge is 2.20. The van der Waals surface area contributed by atoms with E-state index in [2.05, 4.69) is 5.32 Å². The van der Waals surface area contributed by atoms with Crippen LogP contribution in [0.1, 0.15) is 19.3 Å². The number of nitrogens with two attached hydrogens (primary N) is 1. The Morgan fingerprint density at radius 1 is 1.35 bits per heavy atom. The van der Waals surface area contributed by atoms with E-state index in [0.29, 0.717) is 30.3 Å². The minimum absolute atomic E-state index is 0.150. The van der Waals surface area contributed by atoms with Gasteiger partial charge in [-0.15, -0.1) is 0 Å². The van der Waals surface area contributed by atoms with Crippen LogP contribution in [0.25, 0.3) is 0 Å². The normalized spacial score (nSPS) is 17.6. The Balaban J connectivity index is 1.77. The molecule has 0 spiro atoms. The van der Waals surface area contributed by atoms with Gasteiger partial charge in [-0.25, -0.2) is 0 Å². The van der Waals surface area contributed by atoms with E-state index < -0.39 is 10.8 Å². The van der Waals surface area contributed by atoms with Gasteiger partial charge in [0.05, 0.1) is 11.4 Å². The first-order valence-electron chi connectivity index (χ1n) is 6.76. The second kappa shape index (κ2) is 7.40. The summed E-state index contributed by atoms with van der Waals surface area (Å²) < 4.78 is 17.3. The Bertz CT molecular complexity index is 487. The number of carbonyl (C=O) groups excluding carboxylic acids is 1. The van der Waals surface area contributed by atoms with E-state index in [1.807, 2.05) is 12.1 Å². The first-order chi connectivity index (χ1) is 9.66. The number of para-hydroxylation sites is 2. The second-order valence-corrected chi connectivity index (χ2v) is 6.62. The lowest BCUT2D eigenvalue weighted by atomic mass is 10.2. The van der Waals surface area contributed by atoms with E-state index in [4.69, 9.17) is 10.5 Å². The van der Waals surface area contributed by atoms with Crippen molar-refractivity contribution in [2.24, 2.45) is 0 Å². The summed E-state index contributed by atoms with van der Waals surface area (Å²) in [6.07, 6.45) is 1.89. The molecule has 0 saturated carbocycles. The molecule has 1 heterocycles. The standard InChI is InChI=1S/C14H20N2O3S/c15-12-3-1-2-4-13(12)16-14(17)7-10-20(18)11-5-8-19-9-6-11/h1-4,11H,5-10,15H2,(H,16,17). The molecule has 0 aromatic heterocycles. The Morgan fingerprint density at radius 2 is 2.05 bits per heavy atom. The summed E-state index contributed by atoms with van der Waals surface area (Å²) in [5, 5.41) is 2.91. The molecule has 2 rings (SSSR count). The monoisotopic (exact) mass is 296 g/mol. The topological polar surface area (TPSA) is 81.4 Å². The maximum Gasteiger partial charge on any atom is 0.225 e. The van der Waals surface area contributed by atoms with Crippen molar-refractivity contribution in [3.8, 4) is 0 Å². The molecule has 1 aliphatic rings. The third-order valence-corrected chi connectivity index (χ3v) is 5.13. The highest BCUT2D eigenvalue weighted by atomic mass is 32.2. The van der Waals surface area contributed by atoms with E-state index in [1.54, 1.807) is 12.1 Å². The number of hydrogen-bond donors (Lipinski definition) is 2. The minimum atomic E-state index is -0.962. The molecule has 110 valence electrons. The molecule has 6 heteroatoms. The molecule has 0 radical (unpaired) electrons. The summed E-state index contributed by atoms with van der Waals surface area (Å²) in [4.78, 5) is 11.8. The van der Waals surface area contributed by atoms with E-state index in [0.717, 1.165) is 12.8 Å². The van der Waals surface area contributed by atoms with Crippen molar-refractivity contribution in [3.05, 3.63) is 24.3 Å². The summed E-state index contributed by atoms with van der Waals surface area (Å²) in [6.45, 7) is 1.34. The summed E-state index contributed by atoms with van der Waals surface area (Å²) in [7, 11) is -0.962. The Morgan fingerprint density at radius 3 is 2.75 bits per heavy atom. The first kappa shape index (κ1) is 15.0. The average molecular weight is 296 g/mol. The molecular formula is C14H20N2O3S. The lowest BCUT2D eigenvalue weighted by Crippen LogP contribution is -2.27. The second-order valence-electron chi connectivity index (χ2n) is 4.78. The van der Waals surface area contributed by atoms with Crippen LogP contribution in [0.4, 0.5) is 11.4 Å². The van der Waals surface area contributed by atoms with Gasteiger partial charge in [0, 0.05) is 41.4 Å². The van der Waals surface area contributed by atoms with Crippen molar-refractivity contribution in [3.63, 3.8) is 0 Å². The van der Waals surface area contributed by atoms with Crippen LogP contribution in [0.2, 0.25) is 0 Å². The maximum atomic E-state index is 12.1. The molecule has 1 amide bonds. The predicted molar refractivity (Wildman–Crippen MR) is 81.0 cm³/mol. The molecule has 20 heavy (non-hydrogen) atoms. The number of ether oxygens (including phenoxy) is 1. The third kappa shape index (κ3) is 4.31. The third-order valence-electron chi connectivity index (χ3n) is 3.31. The fraction of sp³-hybridized carbons (Fsp3) is 0.500. The summed E-state index contributed by atoms with van der Waals surface area (Å²) >= 11 is 0. The van der Waals surface area contributed by atoms with Gasteiger partial charge in [-0.05, 0) is 25.0 Å². The van der Waals surface area contributed by atoms with Gasteiger partial charge < -0.3 is 15.8 Å². The van der Waals surface area contributed by atoms with Gasteiger partial charge in [0.2, 0.25) is 5.91 Å². The molecule has 1 saturated heterocycles. The smallest absolute Gasteiger partial charge is 0.225 e. The number of benzene rings is 1. The summed E-state index contributed by atoms with van der Waals surface area (Å²) in [5.41, 5.74) is 6.89. The van der Waals surface area contributed by atoms with Crippen molar-refractivity contribution in [1.29, 1.82) is 0 Å². The molecule has 1 atom stereocenters. The lowest BCUT2D eigenvalue weighted by molar-refractivity contribution is -0.115. The van der Waals surface area contributed by atoms with E-state index >= 15 is 0 Å². The van der Waals surface area contributed by atoms with Gasteiger partial charge in [0.25, 0.3) is 0 Å². The van der Waals surface area contributed by atoms with Crippen molar-refractivity contribution in [1.82, 2.24) is 0 Å². The quantitative estimate of drug-likeness (QED) is 0.807. The molecular weight excluding hydrogens is 276 g/mol. The molecule has 5 nitrogen and oxygen atoms in total. The number of nitrogens with one attached hydrogen (secondary N) is 1. The van der Waals surface area contributed by atoms with Crippen molar-refractivity contribution >= 4 is 28.1 Å². The zero-order valence-electron chi connectivity index (χ0n) is 11.3. The maximum absolute atomic E-state index is 12.1. The lowest BCUT2D eigenvalue weighted by Gasteiger charge is -2.21. The fourth-order valence-corrected chi connectivity index (χ4v) is 3.56.